The number of carbonyl (C=O) groups excluding carboxylic acids is 1. The van der Waals surface area contributed by atoms with Crippen LogP contribution in [0, 0.1) is 0 Å². The van der Waals surface area contributed by atoms with Gasteiger partial charge in [0.1, 0.15) is 18.7 Å². The Morgan fingerprint density at radius 3 is 3.05 bits per heavy atom. The van der Waals surface area contributed by atoms with Crippen molar-refractivity contribution in [2.75, 3.05) is 19.6 Å². The lowest BCUT2D eigenvalue weighted by Crippen LogP contribution is -2.43. The van der Waals surface area contributed by atoms with E-state index in [4.69, 9.17) is 0 Å². The van der Waals surface area contributed by atoms with Crippen molar-refractivity contribution >= 4 is 5.91 Å². The van der Waals surface area contributed by atoms with E-state index in [-0.39, 0.29) is 11.9 Å². The summed E-state index contributed by atoms with van der Waals surface area (Å²) in [4.78, 5) is 18.2. The molecule has 1 amide bonds. The Kier molecular flexibility index (Phi) is 4.90. The molecule has 2 atom stereocenters. The van der Waals surface area contributed by atoms with E-state index < -0.39 is 0 Å². The van der Waals surface area contributed by atoms with Gasteiger partial charge in [-0.05, 0) is 33.2 Å². The van der Waals surface area contributed by atoms with E-state index in [1.807, 2.05) is 6.92 Å². The molecule has 1 aromatic rings. The highest BCUT2D eigenvalue weighted by molar-refractivity contribution is 5.79. The van der Waals surface area contributed by atoms with Gasteiger partial charge >= 0.3 is 0 Å². The fourth-order valence-corrected chi connectivity index (χ4v) is 2.50. The maximum absolute atomic E-state index is 11.9. The Balaban J connectivity index is 1.71. The number of carbonyl (C=O) groups is 1. The lowest BCUT2D eigenvalue weighted by atomic mass is 10.0. The Bertz CT molecular complexity index is 392. The van der Waals surface area contributed by atoms with Gasteiger partial charge in [0, 0.05) is 19.1 Å². The second-order valence-electron chi connectivity index (χ2n) is 5.22. The summed E-state index contributed by atoms with van der Waals surface area (Å²) in [6.07, 6.45) is 6.88. The Morgan fingerprint density at radius 1 is 1.53 bits per heavy atom. The highest BCUT2D eigenvalue weighted by atomic mass is 16.2. The first-order valence-electron chi connectivity index (χ1n) is 7.04. The molecule has 1 aliphatic heterocycles. The first-order chi connectivity index (χ1) is 9.18. The normalized spacial score (nSPS) is 22.1. The number of hydrogen-bond donors (Lipinski definition) is 1. The van der Waals surface area contributed by atoms with Crippen LogP contribution in [-0.4, -0.2) is 51.2 Å². The van der Waals surface area contributed by atoms with Gasteiger partial charge in [0.2, 0.25) is 5.91 Å². The summed E-state index contributed by atoms with van der Waals surface area (Å²) in [5.41, 5.74) is 0. The van der Waals surface area contributed by atoms with Gasteiger partial charge in [-0.25, -0.2) is 9.67 Å². The number of nitrogens with one attached hydrogen (secondary N) is 1. The van der Waals surface area contributed by atoms with Gasteiger partial charge in [0.05, 0.1) is 0 Å². The molecule has 0 aromatic carbocycles. The maximum Gasteiger partial charge on any atom is 0.244 e. The third kappa shape index (κ3) is 3.76. The van der Waals surface area contributed by atoms with E-state index in [9.17, 15) is 4.79 Å². The van der Waals surface area contributed by atoms with Gasteiger partial charge in [-0.15, -0.1) is 0 Å². The summed E-state index contributed by atoms with van der Waals surface area (Å²) in [5, 5.41) is 6.95. The van der Waals surface area contributed by atoms with Crippen LogP contribution >= 0.6 is 0 Å². The van der Waals surface area contributed by atoms with Gasteiger partial charge in [-0.2, -0.15) is 5.10 Å². The molecule has 19 heavy (non-hydrogen) atoms. The van der Waals surface area contributed by atoms with Crippen LogP contribution in [0.4, 0.5) is 0 Å². The molecule has 0 saturated carbocycles. The van der Waals surface area contributed by atoms with Crippen LogP contribution in [0.5, 0.6) is 0 Å². The molecular formula is C13H23N5O. The minimum Gasteiger partial charge on any atom is -0.353 e. The number of amides is 1. The van der Waals surface area contributed by atoms with Crippen molar-refractivity contribution < 1.29 is 4.79 Å². The predicted octanol–water partition coefficient (Wildman–Crippen LogP) is 0.830. The molecule has 2 heterocycles. The largest absolute Gasteiger partial charge is 0.353 e. The summed E-state index contributed by atoms with van der Waals surface area (Å²) in [6.45, 7) is 6.86. The molecule has 0 radical (unpaired) electrons. The topological polar surface area (TPSA) is 63.1 Å². The average Bonchev–Trinajstić information content (AvgIpc) is 2.94. The fraction of sp³-hybridized carbons (Fsp3) is 0.769. The van der Waals surface area contributed by atoms with Crippen molar-refractivity contribution in [3.8, 4) is 0 Å². The van der Waals surface area contributed by atoms with E-state index in [1.165, 1.54) is 25.6 Å². The van der Waals surface area contributed by atoms with Crippen LogP contribution in [0.3, 0.4) is 0 Å². The first-order valence-corrected chi connectivity index (χ1v) is 7.04. The second-order valence-corrected chi connectivity index (χ2v) is 5.22. The summed E-state index contributed by atoms with van der Waals surface area (Å²) < 4.78 is 1.57. The molecule has 2 rings (SSSR count). The van der Waals surface area contributed by atoms with Crippen LogP contribution in [0.2, 0.25) is 0 Å². The van der Waals surface area contributed by atoms with E-state index >= 15 is 0 Å². The fourth-order valence-electron chi connectivity index (χ4n) is 2.50. The van der Waals surface area contributed by atoms with Crippen molar-refractivity contribution in [1.82, 2.24) is 25.0 Å². The maximum atomic E-state index is 11.9. The van der Waals surface area contributed by atoms with Crippen molar-refractivity contribution in [1.29, 1.82) is 0 Å². The first kappa shape index (κ1) is 14.0. The van der Waals surface area contributed by atoms with Crippen LogP contribution in [0.1, 0.15) is 39.2 Å². The smallest absolute Gasteiger partial charge is 0.244 e. The zero-order valence-electron chi connectivity index (χ0n) is 11.7. The molecule has 0 spiro atoms. The molecule has 6 nitrogen and oxygen atoms in total. The molecule has 1 saturated heterocycles. The second kappa shape index (κ2) is 6.65. The Morgan fingerprint density at radius 2 is 2.37 bits per heavy atom. The summed E-state index contributed by atoms with van der Waals surface area (Å²) in [7, 11) is 0. The van der Waals surface area contributed by atoms with Crippen LogP contribution in [0.25, 0.3) is 0 Å². The van der Waals surface area contributed by atoms with E-state index in [1.54, 1.807) is 11.0 Å². The van der Waals surface area contributed by atoms with Gasteiger partial charge in [-0.1, -0.05) is 6.42 Å². The van der Waals surface area contributed by atoms with Crippen molar-refractivity contribution in [3.63, 3.8) is 0 Å². The van der Waals surface area contributed by atoms with Gasteiger partial charge in [0.15, 0.2) is 0 Å². The van der Waals surface area contributed by atoms with E-state index in [0.717, 1.165) is 13.1 Å². The minimum absolute atomic E-state index is 0.00448. The Hall–Kier alpha value is -1.43. The third-order valence-corrected chi connectivity index (χ3v) is 3.85. The molecule has 0 bridgehead atoms. The highest BCUT2D eigenvalue weighted by Crippen LogP contribution is 2.15. The quantitative estimate of drug-likeness (QED) is 0.856. The summed E-state index contributed by atoms with van der Waals surface area (Å²) in [5.74, 6) is -0.00448. The monoisotopic (exact) mass is 265 g/mol. The van der Waals surface area contributed by atoms with Crippen molar-refractivity contribution in [2.45, 2.75) is 45.2 Å². The standard InChI is InChI=1S/C13H23N5O/c1-11-5-3-4-7-17(11)8-6-15-13(19)12(2)18-10-14-9-16-18/h9-12H,3-8H2,1-2H3,(H,15,19)/t11-,12+/m0/s1. The zero-order valence-corrected chi connectivity index (χ0v) is 11.7. The number of likely N-dealkylation sites (tertiary alicyclic amines) is 1. The van der Waals surface area contributed by atoms with Gasteiger partial charge in [0.25, 0.3) is 0 Å². The van der Waals surface area contributed by atoms with Crippen LogP contribution < -0.4 is 5.32 Å². The average molecular weight is 265 g/mol. The number of aromatic nitrogens is 3. The molecule has 0 aliphatic carbocycles. The molecule has 1 N–H and O–H groups in total. The molecule has 0 unspecified atom stereocenters. The highest BCUT2D eigenvalue weighted by Gasteiger charge is 2.19. The predicted molar refractivity (Wildman–Crippen MR) is 72.6 cm³/mol. The van der Waals surface area contributed by atoms with Crippen molar-refractivity contribution in [3.05, 3.63) is 12.7 Å². The van der Waals surface area contributed by atoms with Crippen molar-refractivity contribution in [2.24, 2.45) is 0 Å². The minimum atomic E-state index is -0.304. The number of hydrogen-bond acceptors (Lipinski definition) is 4. The third-order valence-electron chi connectivity index (χ3n) is 3.85. The lowest BCUT2D eigenvalue weighted by Gasteiger charge is -2.33. The van der Waals surface area contributed by atoms with E-state index in [0.29, 0.717) is 12.6 Å². The summed E-state index contributed by atoms with van der Waals surface area (Å²) >= 11 is 0. The van der Waals surface area contributed by atoms with Crippen LogP contribution in [0.15, 0.2) is 12.7 Å². The number of nitrogens with zero attached hydrogens (tertiary/aromatic N) is 4. The van der Waals surface area contributed by atoms with Crippen LogP contribution in [-0.2, 0) is 4.79 Å². The Labute approximate surface area is 114 Å². The van der Waals surface area contributed by atoms with Gasteiger partial charge < -0.3 is 5.32 Å². The molecule has 106 valence electrons. The molecule has 6 heteroatoms. The zero-order chi connectivity index (χ0) is 13.7. The molecule has 1 aromatic heterocycles. The van der Waals surface area contributed by atoms with E-state index in [2.05, 4.69) is 27.2 Å². The molecule has 1 aliphatic rings. The molecular weight excluding hydrogens is 242 g/mol. The number of piperidine rings is 1. The SMILES string of the molecule is C[C@H](C(=O)NCCN1CCCC[C@@H]1C)n1cncn1. The summed E-state index contributed by atoms with van der Waals surface area (Å²) in [6, 6.07) is 0.333. The number of rotatable bonds is 5. The molecule has 1 fully saturated rings. The van der Waals surface area contributed by atoms with Gasteiger partial charge in [-0.3, -0.25) is 9.69 Å². The lowest BCUT2D eigenvalue weighted by molar-refractivity contribution is -0.124.